The lowest BCUT2D eigenvalue weighted by Gasteiger charge is -2.28. The van der Waals surface area contributed by atoms with Crippen molar-refractivity contribution < 1.29 is 0 Å². The van der Waals surface area contributed by atoms with E-state index in [0.717, 1.165) is 18.4 Å². The van der Waals surface area contributed by atoms with Gasteiger partial charge in [-0.3, -0.25) is 5.32 Å². The fourth-order valence-electron chi connectivity index (χ4n) is 2.32. The van der Waals surface area contributed by atoms with Crippen molar-refractivity contribution in [3.8, 4) is 12.1 Å². The van der Waals surface area contributed by atoms with Gasteiger partial charge in [-0.15, -0.1) is 5.10 Å². The number of hydrogen-bond donors (Lipinski definition) is 1. The SMILES string of the molecule is N#Cc1ncn(CC(C#N)(NC2CC2)c2ccccc2)n1. The third-order valence-electron chi connectivity index (χ3n) is 3.52. The molecule has 1 fully saturated rings. The quantitative estimate of drug-likeness (QED) is 0.890. The summed E-state index contributed by atoms with van der Waals surface area (Å²) in [6.07, 6.45) is 3.65. The van der Waals surface area contributed by atoms with Gasteiger partial charge in [-0.05, 0) is 18.4 Å². The molecule has 0 bridgehead atoms. The van der Waals surface area contributed by atoms with Gasteiger partial charge in [0.05, 0.1) is 12.6 Å². The summed E-state index contributed by atoms with van der Waals surface area (Å²) in [5, 5.41) is 26.1. The maximum absolute atomic E-state index is 9.79. The molecule has 1 saturated carbocycles. The molecule has 104 valence electrons. The van der Waals surface area contributed by atoms with Gasteiger partial charge >= 0.3 is 0 Å². The van der Waals surface area contributed by atoms with Crippen LogP contribution in [0.1, 0.15) is 24.2 Å². The zero-order valence-electron chi connectivity index (χ0n) is 11.4. The molecule has 0 amide bonds. The highest BCUT2D eigenvalue weighted by Crippen LogP contribution is 2.29. The van der Waals surface area contributed by atoms with Crippen LogP contribution >= 0.6 is 0 Å². The molecule has 1 aliphatic carbocycles. The molecule has 1 atom stereocenters. The lowest BCUT2D eigenvalue weighted by molar-refractivity contribution is 0.347. The van der Waals surface area contributed by atoms with Crippen molar-refractivity contribution in [2.45, 2.75) is 31.0 Å². The number of hydrogen-bond acceptors (Lipinski definition) is 5. The van der Waals surface area contributed by atoms with Crippen LogP contribution in [0.3, 0.4) is 0 Å². The molecule has 1 unspecified atom stereocenters. The molecule has 0 radical (unpaired) electrons. The number of nitrogens with one attached hydrogen (secondary N) is 1. The molecular weight excluding hydrogens is 264 g/mol. The minimum Gasteiger partial charge on any atom is -0.291 e. The number of nitrogens with zero attached hydrogens (tertiary/aromatic N) is 5. The average molecular weight is 278 g/mol. The van der Waals surface area contributed by atoms with Crippen LogP contribution < -0.4 is 5.32 Å². The molecule has 0 aliphatic heterocycles. The van der Waals surface area contributed by atoms with Gasteiger partial charge in [-0.1, -0.05) is 30.3 Å². The second-order valence-corrected chi connectivity index (χ2v) is 5.18. The van der Waals surface area contributed by atoms with Gasteiger partial charge in [0.15, 0.2) is 5.54 Å². The van der Waals surface area contributed by atoms with Gasteiger partial charge in [0.1, 0.15) is 12.4 Å². The Kier molecular flexibility index (Phi) is 3.39. The fourth-order valence-corrected chi connectivity index (χ4v) is 2.32. The van der Waals surface area contributed by atoms with E-state index in [9.17, 15) is 5.26 Å². The molecule has 1 aromatic carbocycles. The minimum atomic E-state index is -0.858. The second kappa shape index (κ2) is 5.35. The monoisotopic (exact) mass is 278 g/mol. The Hall–Kier alpha value is -2.70. The smallest absolute Gasteiger partial charge is 0.252 e. The van der Waals surface area contributed by atoms with Crippen molar-refractivity contribution in [1.82, 2.24) is 20.1 Å². The van der Waals surface area contributed by atoms with Crippen LogP contribution in [-0.4, -0.2) is 20.8 Å². The van der Waals surface area contributed by atoms with E-state index in [4.69, 9.17) is 5.26 Å². The first-order valence-corrected chi connectivity index (χ1v) is 6.80. The maximum atomic E-state index is 9.79. The van der Waals surface area contributed by atoms with Gasteiger partial charge in [-0.2, -0.15) is 10.5 Å². The van der Waals surface area contributed by atoms with Crippen molar-refractivity contribution in [2.75, 3.05) is 0 Å². The summed E-state index contributed by atoms with van der Waals surface area (Å²) in [5.41, 5.74) is 0.0384. The standard InChI is InChI=1S/C15H14N6/c16-8-14-18-11-21(20-14)10-15(9-17,19-13-6-7-13)12-4-2-1-3-5-12/h1-5,11,13,19H,6-7,10H2. The average Bonchev–Trinajstić information content (AvgIpc) is 3.23. The first-order valence-electron chi connectivity index (χ1n) is 6.80. The zero-order chi connectivity index (χ0) is 14.7. The van der Waals surface area contributed by atoms with Crippen molar-refractivity contribution in [1.29, 1.82) is 10.5 Å². The molecular formula is C15H14N6. The maximum Gasteiger partial charge on any atom is 0.252 e. The Morgan fingerprint density at radius 2 is 2.05 bits per heavy atom. The van der Waals surface area contributed by atoms with E-state index in [-0.39, 0.29) is 5.82 Å². The van der Waals surface area contributed by atoms with Crippen molar-refractivity contribution in [3.63, 3.8) is 0 Å². The molecule has 21 heavy (non-hydrogen) atoms. The Labute approximate surface area is 122 Å². The molecule has 1 N–H and O–H groups in total. The van der Waals surface area contributed by atoms with E-state index >= 15 is 0 Å². The molecule has 6 heteroatoms. The Morgan fingerprint density at radius 1 is 1.29 bits per heavy atom. The first kappa shape index (κ1) is 13.3. The van der Waals surface area contributed by atoms with Crippen LogP contribution in [0.25, 0.3) is 0 Å². The summed E-state index contributed by atoms with van der Waals surface area (Å²) in [7, 11) is 0. The molecule has 2 aromatic rings. The van der Waals surface area contributed by atoms with E-state index in [2.05, 4.69) is 21.5 Å². The lowest BCUT2D eigenvalue weighted by Crippen LogP contribution is -2.46. The summed E-state index contributed by atoms with van der Waals surface area (Å²) >= 11 is 0. The molecule has 1 aliphatic rings. The van der Waals surface area contributed by atoms with Crippen molar-refractivity contribution in [3.05, 3.63) is 48.0 Å². The van der Waals surface area contributed by atoms with Gasteiger partial charge in [0, 0.05) is 6.04 Å². The van der Waals surface area contributed by atoms with Crippen molar-refractivity contribution in [2.24, 2.45) is 0 Å². The summed E-state index contributed by atoms with van der Waals surface area (Å²) in [6.45, 7) is 0.318. The highest BCUT2D eigenvalue weighted by molar-refractivity contribution is 5.32. The Morgan fingerprint density at radius 3 is 2.62 bits per heavy atom. The molecule has 0 spiro atoms. The predicted molar refractivity (Wildman–Crippen MR) is 74.6 cm³/mol. The normalized spacial score (nSPS) is 16.7. The predicted octanol–water partition coefficient (Wildman–Crippen LogP) is 1.32. The highest BCUT2D eigenvalue weighted by Gasteiger charge is 2.38. The number of benzene rings is 1. The molecule has 6 nitrogen and oxygen atoms in total. The van der Waals surface area contributed by atoms with E-state index in [1.807, 2.05) is 36.4 Å². The van der Waals surface area contributed by atoms with Gasteiger partial charge < -0.3 is 0 Å². The van der Waals surface area contributed by atoms with Crippen LogP contribution in [0.15, 0.2) is 36.7 Å². The van der Waals surface area contributed by atoms with Crippen LogP contribution in [0.5, 0.6) is 0 Å². The van der Waals surface area contributed by atoms with Gasteiger partial charge in [-0.25, -0.2) is 9.67 Å². The summed E-state index contributed by atoms with van der Waals surface area (Å²) in [6, 6.07) is 14.3. The van der Waals surface area contributed by atoms with Crippen LogP contribution in [-0.2, 0) is 12.1 Å². The number of nitriles is 2. The van der Waals surface area contributed by atoms with Crippen LogP contribution in [0.2, 0.25) is 0 Å². The van der Waals surface area contributed by atoms with Gasteiger partial charge in [0.2, 0.25) is 0 Å². The van der Waals surface area contributed by atoms with E-state index < -0.39 is 5.54 Å². The summed E-state index contributed by atoms with van der Waals surface area (Å²) in [5.74, 6) is 0.112. The fraction of sp³-hybridized carbons (Fsp3) is 0.333. The number of rotatable bonds is 5. The van der Waals surface area contributed by atoms with Crippen molar-refractivity contribution >= 4 is 0 Å². The first-order chi connectivity index (χ1) is 10.3. The highest BCUT2D eigenvalue weighted by atomic mass is 15.3. The molecule has 1 aromatic heterocycles. The minimum absolute atomic E-state index is 0.112. The number of aromatic nitrogens is 3. The third kappa shape index (κ3) is 2.76. The Balaban J connectivity index is 1.95. The van der Waals surface area contributed by atoms with Crippen LogP contribution in [0, 0.1) is 22.7 Å². The topological polar surface area (TPSA) is 90.3 Å². The van der Waals surface area contributed by atoms with E-state index in [0.29, 0.717) is 12.6 Å². The van der Waals surface area contributed by atoms with Gasteiger partial charge in [0.25, 0.3) is 5.82 Å². The van der Waals surface area contributed by atoms with E-state index in [1.54, 1.807) is 4.68 Å². The summed E-state index contributed by atoms with van der Waals surface area (Å²) in [4.78, 5) is 3.90. The summed E-state index contributed by atoms with van der Waals surface area (Å²) < 4.78 is 1.55. The lowest BCUT2D eigenvalue weighted by atomic mass is 9.91. The Bertz CT molecular complexity index is 704. The zero-order valence-corrected chi connectivity index (χ0v) is 11.4. The molecule has 0 saturated heterocycles. The molecule has 1 heterocycles. The third-order valence-corrected chi connectivity index (χ3v) is 3.52. The largest absolute Gasteiger partial charge is 0.291 e. The second-order valence-electron chi connectivity index (χ2n) is 5.18. The van der Waals surface area contributed by atoms with E-state index in [1.165, 1.54) is 6.33 Å². The molecule has 3 rings (SSSR count). The van der Waals surface area contributed by atoms with Crippen LogP contribution in [0.4, 0.5) is 0 Å².